The molecule has 19 heavy (non-hydrogen) atoms. The summed E-state index contributed by atoms with van der Waals surface area (Å²) in [6.07, 6.45) is 3.55. The molecule has 2 unspecified atom stereocenters. The van der Waals surface area contributed by atoms with Crippen LogP contribution in [0.4, 0.5) is 0 Å². The Labute approximate surface area is 115 Å². The van der Waals surface area contributed by atoms with Gasteiger partial charge in [0.25, 0.3) is 0 Å². The van der Waals surface area contributed by atoms with Crippen molar-refractivity contribution in [2.24, 2.45) is 5.41 Å². The minimum atomic E-state index is -0.0672. The summed E-state index contributed by atoms with van der Waals surface area (Å²) >= 11 is 0. The van der Waals surface area contributed by atoms with Gasteiger partial charge in [0.15, 0.2) is 0 Å². The Hall–Kier alpha value is -1.22. The van der Waals surface area contributed by atoms with E-state index in [1.54, 1.807) is 7.11 Å². The van der Waals surface area contributed by atoms with E-state index >= 15 is 0 Å². The summed E-state index contributed by atoms with van der Waals surface area (Å²) < 4.78 is 11.7. The molecule has 2 aliphatic rings. The lowest BCUT2D eigenvalue weighted by molar-refractivity contribution is -0.0126. The van der Waals surface area contributed by atoms with Gasteiger partial charge in [0.2, 0.25) is 0 Å². The van der Waals surface area contributed by atoms with Gasteiger partial charge in [-0.3, -0.25) is 0 Å². The van der Waals surface area contributed by atoms with Gasteiger partial charge in [-0.25, -0.2) is 0 Å². The van der Waals surface area contributed by atoms with E-state index in [0.29, 0.717) is 11.5 Å². The smallest absolute Gasteiger partial charge is 0.125 e. The van der Waals surface area contributed by atoms with Crippen molar-refractivity contribution in [3.05, 3.63) is 23.8 Å². The maximum atomic E-state index is 6.38. The van der Waals surface area contributed by atoms with E-state index in [4.69, 9.17) is 9.47 Å². The highest BCUT2D eigenvalue weighted by Crippen LogP contribution is 2.59. The minimum absolute atomic E-state index is 0.0672. The molecule has 1 aromatic carbocycles. The average molecular weight is 261 g/mol. The largest absolute Gasteiger partial charge is 0.497 e. The van der Waals surface area contributed by atoms with Crippen molar-refractivity contribution < 1.29 is 9.47 Å². The Balaban J connectivity index is 2.00. The van der Waals surface area contributed by atoms with E-state index in [0.717, 1.165) is 17.9 Å². The third-order valence-electron chi connectivity index (χ3n) is 5.15. The maximum Gasteiger partial charge on any atom is 0.125 e. The molecule has 3 rings (SSSR count). The second-order valence-corrected chi connectivity index (χ2v) is 6.34. The van der Waals surface area contributed by atoms with Crippen LogP contribution in [0.2, 0.25) is 0 Å². The van der Waals surface area contributed by atoms with Gasteiger partial charge in [-0.1, -0.05) is 6.92 Å². The Morgan fingerprint density at radius 2 is 2.05 bits per heavy atom. The molecule has 0 aromatic heterocycles. The molecule has 0 radical (unpaired) electrons. The van der Waals surface area contributed by atoms with Crippen LogP contribution in [0.3, 0.4) is 0 Å². The molecule has 1 aliphatic carbocycles. The fourth-order valence-electron chi connectivity index (χ4n) is 3.15. The van der Waals surface area contributed by atoms with Gasteiger partial charge in [0.1, 0.15) is 17.1 Å². The second-order valence-electron chi connectivity index (χ2n) is 6.34. The van der Waals surface area contributed by atoms with E-state index in [-0.39, 0.29) is 5.60 Å². The van der Waals surface area contributed by atoms with E-state index in [9.17, 15) is 0 Å². The number of hydrogen-bond acceptors (Lipinski definition) is 3. The second kappa shape index (κ2) is 4.14. The fourth-order valence-corrected chi connectivity index (χ4v) is 3.15. The highest BCUT2D eigenvalue weighted by atomic mass is 16.5. The van der Waals surface area contributed by atoms with E-state index < -0.39 is 0 Å². The van der Waals surface area contributed by atoms with Crippen LogP contribution in [-0.2, 0) is 0 Å². The number of ether oxygens (including phenoxy) is 2. The molecule has 1 aromatic rings. The van der Waals surface area contributed by atoms with Crippen molar-refractivity contribution in [2.45, 2.75) is 44.8 Å². The lowest BCUT2D eigenvalue weighted by Crippen LogP contribution is -2.47. The van der Waals surface area contributed by atoms with Crippen LogP contribution in [0.1, 0.15) is 44.7 Å². The van der Waals surface area contributed by atoms with Crippen molar-refractivity contribution in [2.75, 3.05) is 14.2 Å². The first-order chi connectivity index (χ1) is 9.01. The molecule has 1 heterocycles. The standard InChI is InChI=1S/C16H23NO2/c1-15(7-8-15)16(2)10-13(17-3)12-9-11(18-4)5-6-14(12)19-16/h5-6,9,13,17H,7-8,10H2,1-4H3. The van der Waals surface area contributed by atoms with Crippen LogP contribution in [0.25, 0.3) is 0 Å². The van der Waals surface area contributed by atoms with Crippen molar-refractivity contribution in [1.29, 1.82) is 0 Å². The van der Waals surface area contributed by atoms with Gasteiger partial charge < -0.3 is 14.8 Å². The number of rotatable bonds is 3. The summed E-state index contributed by atoms with van der Waals surface area (Å²) in [6.45, 7) is 4.60. The van der Waals surface area contributed by atoms with Crippen molar-refractivity contribution in [3.8, 4) is 11.5 Å². The minimum Gasteiger partial charge on any atom is -0.497 e. The number of benzene rings is 1. The SMILES string of the molecule is CNC1CC(C)(C2(C)CC2)Oc2ccc(OC)cc21. The van der Waals surface area contributed by atoms with Crippen molar-refractivity contribution in [1.82, 2.24) is 5.32 Å². The predicted molar refractivity (Wildman–Crippen MR) is 75.8 cm³/mol. The molecular formula is C16H23NO2. The number of methoxy groups -OCH3 is 1. The fraction of sp³-hybridized carbons (Fsp3) is 0.625. The molecule has 3 nitrogen and oxygen atoms in total. The quantitative estimate of drug-likeness (QED) is 0.905. The van der Waals surface area contributed by atoms with Crippen LogP contribution in [0.15, 0.2) is 18.2 Å². The Morgan fingerprint density at radius 1 is 1.32 bits per heavy atom. The predicted octanol–water partition coefficient (Wildman–Crippen LogP) is 3.30. The Bertz CT molecular complexity index is 496. The molecule has 3 heteroatoms. The zero-order valence-corrected chi connectivity index (χ0v) is 12.2. The monoisotopic (exact) mass is 261 g/mol. The van der Waals surface area contributed by atoms with Crippen LogP contribution in [-0.4, -0.2) is 19.8 Å². The third kappa shape index (κ3) is 1.91. The van der Waals surface area contributed by atoms with Crippen molar-refractivity contribution in [3.63, 3.8) is 0 Å². The first-order valence-electron chi connectivity index (χ1n) is 7.05. The summed E-state index contributed by atoms with van der Waals surface area (Å²) in [5, 5.41) is 3.43. The molecule has 0 saturated heterocycles. The first kappa shape index (κ1) is 12.8. The first-order valence-corrected chi connectivity index (χ1v) is 7.05. The van der Waals surface area contributed by atoms with Crippen LogP contribution >= 0.6 is 0 Å². The summed E-state index contributed by atoms with van der Waals surface area (Å²) in [5.41, 5.74) is 1.48. The molecule has 0 amide bonds. The summed E-state index contributed by atoms with van der Waals surface area (Å²) in [4.78, 5) is 0. The van der Waals surface area contributed by atoms with E-state index in [1.165, 1.54) is 18.4 Å². The van der Waals surface area contributed by atoms with Crippen LogP contribution in [0.5, 0.6) is 11.5 Å². The van der Waals surface area contributed by atoms with Gasteiger partial charge >= 0.3 is 0 Å². The van der Waals surface area contributed by atoms with Gasteiger partial charge in [-0.05, 0) is 45.0 Å². The molecule has 1 saturated carbocycles. The van der Waals surface area contributed by atoms with Gasteiger partial charge in [-0.15, -0.1) is 0 Å². The number of nitrogens with one attached hydrogen (secondary N) is 1. The zero-order chi connectivity index (χ0) is 13.7. The molecule has 2 atom stereocenters. The normalized spacial score (nSPS) is 31.3. The van der Waals surface area contributed by atoms with E-state index in [1.807, 2.05) is 19.2 Å². The molecule has 104 valence electrons. The average Bonchev–Trinajstić information content (AvgIpc) is 3.17. The van der Waals surface area contributed by atoms with Gasteiger partial charge in [0.05, 0.1) is 7.11 Å². The van der Waals surface area contributed by atoms with Gasteiger partial charge in [-0.2, -0.15) is 0 Å². The number of hydrogen-bond donors (Lipinski definition) is 1. The Morgan fingerprint density at radius 3 is 2.63 bits per heavy atom. The van der Waals surface area contributed by atoms with E-state index in [2.05, 4.69) is 25.2 Å². The molecule has 1 aliphatic heterocycles. The van der Waals surface area contributed by atoms with Gasteiger partial charge in [0, 0.05) is 23.4 Å². The molecule has 1 N–H and O–H groups in total. The van der Waals surface area contributed by atoms with Crippen LogP contribution < -0.4 is 14.8 Å². The third-order valence-corrected chi connectivity index (χ3v) is 5.15. The lowest BCUT2D eigenvalue weighted by atomic mass is 9.78. The summed E-state index contributed by atoms with van der Waals surface area (Å²) in [7, 11) is 3.73. The molecule has 0 spiro atoms. The highest BCUT2D eigenvalue weighted by molar-refractivity contribution is 5.45. The highest BCUT2D eigenvalue weighted by Gasteiger charge is 2.57. The zero-order valence-electron chi connectivity index (χ0n) is 12.2. The molecular weight excluding hydrogens is 238 g/mol. The number of fused-ring (bicyclic) bond motifs is 1. The molecule has 0 bridgehead atoms. The van der Waals surface area contributed by atoms with Crippen LogP contribution in [0, 0.1) is 5.41 Å². The molecule has 1 fully saturated rings. The lowest BCUT2D eigenvalue weighted by Gasteiger charge is -2.44. The topological polar surface area (TPSA) is 30.5 Å². The Kier molecular flexibility index (Phi) is 2.79. The summed E-state index contributed by atoms with van der Waals surface area (Å²) in [5.74, 6) is 1.89. The van der Waals surface area contributed by atoms with Crippen molar-refractivity contribution >= 4 is 0 Å². The summed E-state index contributed by atoms with van der Waals surface area (Å²) in [6, 6.07) is 6.45. The maximum absolute atomic E-state index is 6.38.